The molecule has 1 aromatic heterocycles. The molecule has 0 bridgehead atoms. The number of nitrogens with zero attached hydrogens (tertiary/aromatic N) is 2. The summed E-state index contributed by atoms with van der Waals surface area (Å²) < 4.78 is 7.84. The van der Waals surface area contributed by atoms with E-state index in [9.17, 15) is 0 Å². The van der Waals surface area contributed by atoms with Gasteiger partial charge in [-0.2, -0.15) is 0 Å². The molecule has 0 aliphatic carbocycles. The van der Waals surface area contributed by atoms with Gasteiger partial charge in [0.05, 0.1) is 0 Å². The first-order valence-electron chi connectivity index (χ1n) is 6.77. The van der Waals surface area contributed by atoms with Crippen LogP contribution in [0.15, 0.2) is 36.7 Å². The molecule has 1 N–H and O–H groups in total. The standard InChI is InChI=1S/C15H20ClN3O/c1-3-17-13(10-15-18-8-9-19(15)2)11-20-14-6-4-12(16)5-7-14/h4-9,13,17H,3,10-11H2,1-2H3. The fourth-order valence-corrected chi connectivity index (χ4v) is 2.15. The first-order chi connectivity index (χ1) is 9.69. The Labute approximate surface area is 124 Å². The van der Waals surface area contributed by atoms with Gasteiger partial charge in [-0.3, -0.25) is 0 Å². The Hall–Kier alpha value is -1.52. The molecule has 0 saturated carbocycles. The molecule has 0 aliphatic heterocycles. The van der Waals surface area contributed by atoms with E-state index in [1.54, 1.807) is 0 Å². The summed E-state index contributed by atoms with van der Waals surface area (Å²) in [6.45, 7) is 3.59. The molecule has 5 heteroatoms. The lowest BCUT2D eigenvalue weighted by Gasteiger charge is -2.18. The summed E-state index contributed by atoms with van der Waals surface area (Å²) in [5.74, 6) is 1.88. The molecule has 0 amide bonds. The number of hydrogen-bond acceptors (Lipinski definition) is 3. The van der Waals surface area contributed by atoms with Gasteiger partial charge in [-0.05, 0) is 30.8 Å². The zero-order valence-electron chi connectivity index (χ0n) is 11.8. The molecule has 0 fully saturated rings. The molecule has 1 unspecified atom stereocenters. The molecule has 0 spiro atoms. The molecule has 108 valence electrons. The third kappa shape index (κ3) is 4.25. The van der Waals surface area contributed by atoms with E-state index in [0.717, 1.165) is 24.5 Å². The van der Waals surface area contributed by atoms with Crippen LogP contribution in [0.25, 0.3) is 0 Å². The zero-order valence-corrected chi connectivity index (χ0v) is 12.6. The summed E-state index contributed by atoms with van der Waals surface area (Å²) >= 11 is 5.86. The number of rotatable bonds is 7. The number of ether oxygens (including phenoxy) is 1. The zero-order chi connectivity index (χ0) is 14.4. The van der Waals surface area contributed by atoms with Crippen molar-refractivity contribution in [2.24, 2.45) is 7.05 Å². The van der Waals surface area contributed by atoms with Gasteiger partial charge < -0.3 is 14.6 Å². The van der Waals surface area contributed by atoms with Crippen LogP contribution in [-0.2, 0) is 13.5 Å². The molecule has 0 aliphatic rings. The minimum absolute atomic E-state index is 0.233. The van der Waals surface area contributed by atoms with Crippen molar-refractivity contribution in [2.45, 2.75) is 19.4 Å². The number of halogens is 1. The molecule has 4 nitrogen and oxygen atoms in total. The number of aromatic nitrogens is 2. The lowest BCUT2D eigenvalue weighted by atomic mass is 10.2. The number of benzene rings is 1. The second-order valence-electron chi connectivity index (χ2n) is 4.68. The Morgan fingerprint density at radius 3 is 2.70 bits per heavy atom. The van der Waals surface area contributed by atoms with Crippen molar-refractivity contribution < 1.29 is 4.74 Å². The minimum atomic E-state index is 0.233. The number of aryl methyl sites for hydroxylation is 1. The SMILES string of the molecule is CCNC(COc1ccc(Cl)cc1)Cc1nccn1C. The molecule has 1 heterocycles. The van der Waals surface area contributed by atoms with Crippen LogP contribution in [-0.4, -0.2) is 28.7 Å². The topological polar surface area (TPSA) is 39.1 Å². The summed E-state index contributed by atoms with van der Waals surface area (Å²) in [7, 11) is 2.01. The molecule has 1 atom stereocenters. The van der Waals surface area contributed by atoms with E-state index in [0.29, 0.717) is 11.6 Å². The van der Waals surface area contributed by atoms with Crippen molar-refractivity contribution in [3.8, 4) is 5.75 Å². The van der Waals surface area contributed by atoms with Gasteiger partial charge in [-0.1, -0.05) is 18.5 Å². The maximum atomic E-state index is 5.86. The highest BCUT2D eigenvalue weighted by molar-refractivity contribution is 6.30. The Morgan fingerprint density at radius 2 is 2.10 bits per heavy atom. The van der Waals surface area contributed by atoms with Crippen LogP contribution in [0.1, 0.15) is 12.7 Å². The van der Waals surface area contributed by atoms with E-state index < -0.39 is 0 Å². The van der Waals surface area contributed by atoms with E-state index in [-0.39, 0.29) is 6.04 Å². The maximum absolute atomic E-state index is 5.86. The maximum Gasteiger partial charge on any atom is 0.119 e. The average molecular weight is 294 g/mol. The Balaban J connectivity index is 1.92. The van der Waals surface area contributed by atoms with Crippen molar-refractivity contribution in [1.82, 2.24) is 14.9 Å². The lowest BCUT2D eigenvalue weighted by Crippen LogP contribution is -2.37. The Kier molecular flexibility index (Phi) is 5.44. The van der Waals surface area contributed by atoms with Gasteiger partial charge in [0.25, 0.3) is 0 Å². The first kappa shape index (κ1) is 14.9. The molecule has 0 radical (unpaired) electrons. The third-order valence-corrected chi connectivity index (χ3v) is 3.36. The predicted octanol–water partition coefficient (Wildman–Crippen LogP) is 2.67. The Bertz CT molecular complexity index is 524. The highest BCUT2D eigenvalue weighted by atomic mass is 35.5. The van der Waals surface area contributed by atoms with Crippen LogP contribution in [0.4, 0.5) is 0 Å². The molecular weight excluding hydrogens is 274 g/mol. The summed E-state index contributed by atoms with van der Waals surface area (Å²) in [5, 5.41) is 4.14. The van der Waals surface area contributed by atoms with E-state index in [4.69, 9.17) is 16.3 Å². The van der Waals surface area contributed by atoms with Crippen LogP contribution >= 0.6 is 11.6 Å². The summed E-state index contributed by atoms with van der Waals surface area (Å²) in [6.07, 6.45) is 4.61. The van der Waals surface area contributed by atoms with Crippen molar-refractivity contribution in [3.63, 3.8) is 0 Å². The second kappa shape index (κ2) is 7.31. The largest absolute Gasteiger partial charge is 0.492 e. The number of likely N-dealkylation sites (N-methyl/N-ethyl adjacent to an activating group) is 1. The highest BCUT2D eigenvalue weighted by Crippen LogP contribution is 2.15. The van der Waals surface area contributed by atoms with Crippen molar-refractivity contribution in [2.75, 3.05) is 13.2 Å². The highest BCUT2D eigenvalue weighted by Gasteiger charge is 2.12. The summed E-state index contributed by atoms with van der Waals surface area (Å²) in [4.78, 5) is 4.35. The summed E-state index contributed by atoms with van der Waals surface area (Å²) in [6, 6.07) is 7.66. The van der Waals surface area contributed by atoms with E-state index in [1.165, 1.54) is 0 Å². The van der Waals surface area contributed by atoms with Crippen LogP contribution in [0.5, 0.6) is 5.75 Å². The van der Waals surface area contributed by atoms with E-state index in [1.807, 2.05) is 48.3 Å². The molecule has 20 heavy (non-hydrogen) atoms. The molecule has 2 aromatic rings. The first-order valence-corrected chi connectivity index (χ1v) is 7.14. The van der Waals surface area contributed by atoms with Crippen LogP contribution in [0, 0.1) is 0 Å². The average Bonchev–Trinajstić information content (AvgIpc) is 2.84. The third-order valence-electron chi connectivity index (χ3n) is 3.11. The van der Waals surface area contributed by atoms with Crippen molar-refractivity contribution in [3.05, 3.63) is 47.5 Å². The van der Waals surface area contributed by atoms with Gasteiger partial charge in [0.15, 0.2) is 0 Å². The second-order valence-corrected chi connectivity index (χ2v) is 5.11. The fourth-order valence-electron chi connectivity index (χ4n) is 2.02. The van der Waals surface area contributed by atoms with Gasteiger partial charge in [0.2, 0.25) is 0 Å². The summed E-state index contributed by atoms with van der Waals surface area (Å²) in [5.41, 5.74) is 0. The lowest BCUT2D eigenvalue weighted by molar-refractivity contribution is 0.262. The van der Waals surface area contributed by atoms with Gasteiger partial charge >= 0.3 is 0 Å². The molecule has 0 saturated heterocycles. The van der Waals surface area contributed by atoms with Crippen molar-refractivity contribution in [1.29, 1.82) is 0 Å². The van der Waals surface area contributed by atoms with Crippen molar-refractivity contribution >= 4 is 11.6 Å². The number of hydrogen-bond donors (Lipinski definition) is 1. The fraction of sp³-hybridized carbons (Fsp3) is 0.400. The van der Waals surface area contributed by atoms with Gasteiger partial charge in [0.1, 0.15) is 18.2 Å². The normalized spacial score (nSPS) is 12.3. The Morgan fingerprint density at radius 1 is 1.35 bits per heavy atom. The number of nitrogens with one attached hydrogen (secondary N) is 1. The van der Waals surface area contributed by atoms with Gasteiger partial charge in [-0.25, -0.2) is 4.98 Å². The monoisotopic (exact) mass is 293 g/mol. The van der Waals surface area contributed by atoms with Crippen LogP contribution < -0.4 is 10.1 Å². The number of imidazole rings is 1. The molecular formula is C15H20ClN3O. The quantitative estimate of drug-likeness (QED) is 0.853. The van der Waals surface area contributed by atoms with E-state index in [2.05, 4.69) is 17.2 Å². The van der Waals surface area contributed by atoms with E-state index >= 15 is 0 Å². The minimum Gasteiger partial charge on any atom is -0.492 e. The molecule has 2 rings (SSSR count). The smallest absolute Gasteiger partial charge is 0.119 e. The van der Waals surface area contributed by atoms with Gasteiger partial charge in [0, 0.05) is 36.9 Å². The molecule has 1 aromatic carbocycles. The van der Waals surface area contributed by atoms with Crippen LogP contribution in [0.3, 0.4) is 0 Å². The predicted molar refractivity (Wildman–Crippen MR) is 81.3 cm³/mol. The van der Waals surface area contributed by atoms with Crippen LogP contribution in [0.2, 0.25) is 5.02 Å². The van der Waals surface area contributed by atoms with Gasteiger partial charge in [-0.15, -0.1) is 0 Å².